The molecule has 0 spiro atoms. The quantitative estimate of drug-likeness (QED) is 0.584. The van der Waals surface area contributed by atoms with Crippen LogP contribution in [0.2, 0.25) is 0 Å². The summed E-state index contributed by atoms with van der Waals surface area (Å²) < 4.78 is 0. The fourth-order valence-corrected chi connectivity index (χ4v) is 0.812. The second-order valence-electron chi connectivity index (χ2n) is 3.68. The molecule has 0 aliphatic rings. The average Bonchev–Trinajstić information content (AvgIpc) is 1.81. The molecule has 58 valence electrons. The Morgan fingerprint density at radius 1 is 1.50 bits per heavy atom. The Morgan fingerprint density at radius 2 is 2.00 bits per heavy atom. The zero-order valence-electron chi connectivity index (χ0n) is 7.15. The van der Waals surface area contributed by atoms with E-state index in [1.165, 1.54) is 0 Å². The molecule has 0 atom stereocenters. The highest BCUT2D eigenvalue weighted by Gasteiger charge is 2.10. The van der Waals surface area contributed by atoms with Crippen LogP contribution in [0.5, 0.6) is 0 Å². The summed E-state index contributed by atoms with van der Waals surface area (Å²) in [6, 6.07) is 0. The number of hydrogen-bond donors (Lipinski definition) is 1. The Hall–Kier alpha value is -0.720. The third-order valence-electron chi connectivity index (χ3n) is 1.21. The van der Waals surface area contributed by atoms with E-state index in [-0.39, 0.29) is 0 Å². The molecule has 10 heavy (non-hydrogen) atoms. The maximum absolute atomic E-state index is 5.36. The highest BCUT2D eigenvalue weighted by molar-refractivity contribution is 5.15. The lowest BCUT2D eigenvalue weighted by Crippen LogP contribution is -2.06. The second kappa shape index (κ2) is 3.45. The van der Waals surface area contributed by atoms with Gasteiger partial charge in [0.05, 0.1) is 0 Å². The predicted octanol–water partition coefficient (Wildman–Crippen LogP) is 2.45. The van der Waals surface area contributed by atoms with Crippen LogP contribution in [-0.2, 0) is 0 Å². The van der Waals surface area contributed by atoms with Crippen LogP contribution in [0.25, 0.3) is 0 Å². The molecule has 0 aliphatic heterocycles. The highest BCUT2D eigenvalue weighted by atomic mass is 14.5. The molecule has 0 saturated heterocycles. The SMILES string of the molecule is C=C/C(=C\N)CC(C)(C)C. The molecule has 0 rings (SSSR count). The van der Waals surface area contributed by atoms with Crippen LogP contribution < -0.4 is 5.73 Å². The van der Waals surface area contributed by atoms with Crippen molar-refractivity contribution in [3.05, 3.63) is 24.4 Å². The predicted molar refractivity (Wildman–Crippen MR) is 46.5 cm³/mol. The topological polar surface area (TPSA) is 26.0 Å². The number of allylic oxidation sites excluding steroid dienone is 2. The minimum atomic E-state index is 0.305. The molecular weight excluding hydrogens is 122 g/mol. The van der Waals surface area contributed by atoms with E-state index in [0.29, 0.717) is 5.41 Å². The van der Waals surface area contributed by atoms with E-state index in [4.69, 9.17) is 5.73 Å². The molecule has 0 aromatic carbocycles. The smallest absolute Gasteiger partial charge is 0.00297 e. The minimum absolute atomic E-state index is 0.305. The van der Waals surface area contributed by atoms with Crippen LogP contribution in [-0.4, -0.2) is 0 Å². The van der Waals surface area contributed by atoms with Crippen molar-refractivity contribution >= 4 is 0 Å². The van der Waals surface area contributed by atoms with Gasteiger partial charge in [0, 0.05) is 0 Å². The summed E-state index contributed by atoms with van der Waals surface area (Å²) in [6.07, 6.45) is 4.43. The fourth-order valence-electron chi connectivity index (χ4n) is 0.812. The van der Waals surface area contributed by atoms with Gasteiger partial charge < -0.3 is 5.73 Å². The van der Waals surface area contributed by atoms with Gasteiger partial charge in [0.1, 0.15) is 0 Å². The van der Waals surface area contributed by atoms with Gasteiger partial charge in [-0.05, 0) is 23.6 Å². The summed E-state index contributed by atoms with van der Waals surface area (Å²) in [7, 11) is 0. The average molecular weight is 139 g/mol. The third kappa shape index (κ3) is 4.19. The van der Waals surface area contributed by atoms with Crippen molar-refractivity contribution in [2.75, 3.05) is 0 Å². The molecule has 2 N–H and O–H groups in total. The Labute approximate surface area is 63.6 Å². The standard InChI is InChI=1S/C9H17N/c1-5-8(7-10)6-9(2,3)4/h5,7H,1,6,10H2,2-4H3/b8-7+. The Bertz CT molecular complexity index is 137. The molecule has 0 radical (unpaired) electrons. The van der Waals surface area contributed by atoms with E-state index in [2.05, 4.69) is 27.4 Å². The van der Waals surface area contributed by atoms with Crippen molar-refractivity contribution in [2.45, 2.75) is 27.2 Å². The maximum Gasteiger partial charge on any atom is -0.00297 e. The van der Waals surface area contributed by atoms with Crippen molar-refractivity contribution in [1.82, 2.24) is 0 Å². The molecule has 0 unspecified atom stereocenters. The van der Waals surface area contributed by atoms with Gasteiger partial charge >= 0.3 is 0 Å². The van der Waals surface area contributed by atoms with Gasteiger partial charge in [-0.1, -0.05) is 33.4 Å². The zero-order valence-corrected chi connectivity index (χ0v) is 7.15. The first-order chi connectivity index (χ1) is 4.49. The van der Waals surface area contributed by atoms with Gasteiger partial charge in [0.2, 0.25) is 0 Å². The lowest BCUT2D eigenvalue weighted by molar-refractivity contribution is 0.413. The summed E-state index contributed by atoms with van der Waals surface area (Å²) in [5.41, 5.74) is 6.78. The summed E-state index contributed by atoms with van der Waals surface area (Å²) >= 11 is 0. The first-order valence-electron chi connectivity index (χ1n) is 3.53. The number of hydrogen-bond acceptors (Lipinski definition) is 1. The van der Waals surface area contributed by atoms with Gasteiger partial charge in [-0.15, -0.1) is 0 Å². The normalized spacial score (nSPS) is 13.3. The van der Waals surface area contributed by atoms with Crippen LogP contribution in [0.15, 0.2) is 24.4 Å². The monoisotopic (exact) mass is 139 g/mol. The van der Waals surface area contributed by atoms with Crippen LogP contribution in [0.3, 0.4) is 0 Å². The van der Waals surface area contributed by atoms with Crippen LogP contribution in [0.1, 0.15) is 27.2 Å². The maximum atomic E-state index is 5.36. The van der Waals surface area contributed by atoms with E-state index < -0.39 is 0 Å². The summed E-state index contributed by atoms with van der Waals surface area (Å²) in [5, 5.41) is 0. The zero-order chi connectivity index (χ0) is 8.20. The summed E-state index contributed by atoms with van der Waals surface area (Å²) in [5.74, 6) is 0. The van der Waals surface area contributed by atoms with Gasteiger partial charge in [-0.25, -0.2) is 0 Å². The minimum Gasteiger partial charge on any atom is -0.404 e. The first-order valence-corrected chi connectivity index (χ1v) is 3.53. The Morgan fingerprint density at radius 3 is 2.10 bits per heavy atom. The molecule has 0 saturated carbocycles. The molecule has 1 heteroatoms. The number of nitrogens with two attached hydrogens (primary N) is 1. The molecule has 1 nitrogen and oxygen atoms in total. The summed E-state index contributed by atoms with van der Waals surface area (Å²) in [4.78, 5) is 0. The molecule has 0 heterocycles. The molecule has 0 bridgehead atoms. The lowest BCUT2D eigenvalue weighted by atomic mass is 9.88. The van der Waals surface area contributed by atoms with Gasteiger partial charge in [-0.2, -0.15) is 0 Å². The third-order valence-corrected chi connectivity index (χ3v) is 1.21. The van der Waals surface area contributed by atoms with Crippen LogP contribution in [0.4, 0.5) is 0 Å². The Kier molecular flexibility index (Phi) is 3.20. The van der Waals surface area contributed by atoms with E-state index in [1.54, 1.807) is 6.20 Å². The Balaban J connectivity index is 4.01. The van der Waals surface area contributed by atoms with E-state index >= 15 is 0 Å². The van der Waals surface area contributed by atoms with Crippen molar-refractivity contribution < 1.29 is 0 Å². The number of rotatable bonds is 2. The van der Waals surface area contributed by atoms with Gasteiger partial charge in [-0.3, -0.25) is 0 Å². The molecule has 0 aromatic heterocycles. The van der Waals surface area contributed by atoms with Gasteiger partial charge in [0.25, 0.3) is 0 Å². The van der Waals surface area contributed by atoms with E-state index in [0.717, 1.165) is 12.0 Å². The van der Waals surface area contributed by atoms with Crippen LogP contribution >= 0.6 is 0 Å². The molecule has 0 aliphatic carbocycles. The molecule has 0 amide bonds. The highest BCUT2D eigenvalue weighted by Crippen LogP contribution is 2.23. The van der Waals surface area contributed by atoms with Crippen LogP contribution in [0, 0.1) is 5.41 Å². The fraction of sp³-hybridized carbons (Fsp3) is 0.556. The lowest BCUT2D eigenvalue weighted by Gasteiger charge is -2.17. The molecule has 0 aromatic rings. The first kappa shape index (κ1) is 9.28. The van der Waals surface area contributed by atoms with Crippen molar-refractivity contribution in [3.8, 4) is 0 Å². The summed E-state index contributed by atoms with van der Waals surface area (Å²) in [6.45, 7) is 10.2. The van der Waals surface area contributed by atoms with Crippen molar-refractivity contribution in [3.63, 3.8) is 0 Å². The molecule has 0 fully saturated rings. The second-order valence-corrected chi connectivity index (χ2v) is 3.68. The van der Waals surface area contributed by atoms with Crippen molar-refractivity contribution in [2.24, 2.45) is 11.1 Å². The van der Waals surface area contributed by atoms with Gasteiger partial charge in [0.15, 0.2) is 0 Å². The van der Waals surface area contributed by atoms with E-state index in [9.17, 15) is 0 Å². The van der Waals surface area contributed by atoms with E-state index in [1.807, 2.05) is 6.08 Å². The largest absolute Gasteiger partial charge is 0.404 e. The van der Waals surface area contributed by atoms with Crippen molar-refractivity contribution in [1.29, 1.82) is 0 Å². The molecular formula is C9H17N.